The van der Waals surface area contributed by atoms with Gasteiger partial charge in [0.2, 0.25) is 0 Å². The standard InChI is InChI=1S/C21H15ClN2/c22-16-9-6-10-17(13-16)23-21-14-20(15-7-2-1-3-8-15)24-19-12-5-4-11-18(19)21/h1-14H,(H,23,24). The van der Waals surface area contributed by atoms with E-state index in [9.17, 15) is 0 Å². The van der Waals surface area contributed by atoms with Gasteiger partial charge in [0.05, 0.1) is 16.9 Å². The van der Waals surface area contributed by atoms with Gasteiger partial charge in [-0.2, -0.15) is 0 Å². The van der Waals surface area contributed by atoms with Crippen LogP contribution in [0.3, 0.4) is 0 Å². The number of anilines is 2. The van der Waals surface area contributed by atoms with Gasteiger partial charge < -0.3 is 5.32 Å². The van der Waals surface area contributed by atoms with Crippen LogP contribution in [0, 0.1) is 0 Å². The van der Waals surface area contributed by atoms with E-state index in [-0.39, 0.29) is 0 Å². The van der Waals surface area contributed by atoms with Crippen molar-refractivity contribution in [1.82, 2.24) is 4.98 Å². The highest BCUT2D eigenvalue weighted by Crippen LogP contribution is 2.30. The largest absolute Gasteiger partial charge is 0.355 e. The molecule has 24 heavy (non-hydrogen) atoms. The number of nitrogens with one attached hydrogen (secondary N) is 1. The molecule has 0 atom stereocenters. The monoisotopic (exact) mass is 330 g/mol. The molecule has 0 aliphatic carbocycles. The molecule has 0 saturated heterocycles. The molecule has 4 rings (SSSR count). The summed E-state index contributed by atoms with van der Waals surface area (Å²) in [5.41, 5.74) is 4.97. The Morgan fingerprint density at radius 1 is 0.750 bits per heavy atom. The van der Waals surface area contributed by atoms with Gasteiger partial charge in [0.25, 0.3) is 0 Å². The minimum atomic E-state index is 0.710. The molecule has 0 spiro atoms. The maximum absolute atomic E-state index is 6.10. The first-order valence-corrected chi connectivity index (χ1v) is 8.15. The highest BCUT2D eigenvalue weighted by molar-refractivity contribution is 6.30. The third kappa shape index (κ3) is 2.97. The zero-order valence-corrected chi connectivity index (χ0v) is 13.7. The summed E-state index contributed by atoms with van der Waals surface area (Å²) in [4.78, 5) is 4.80. The molecule has 2 nitrogen and oxygen atoms in total. The van der Waals surface area contributed by atoms with E-state index >= 15 is 0 Å². The molecule has 1 heterocycles. The van der Waals surface area contributed by atoms with Gasteiger partial charge in [-0.3, -0.25) is 0 Å². The molecule has 0 radical (unpaired) electrons. The number of pyridine rings is 1. The van der Waals surface area contributed by atoms with Gasteiger partial charge in [-0.1, -0.05) is 66.2 Å². The van der Waals surface area contributed by atoms with Crippen molar-refractivity contribution in [2.24, 2.45) is 0 Å². The first kappa shape index (κ1) is 14.7. The zero-order chi connectivity index (χ0) is 16.4. The third-order valence-electron chi connectivity index (χ3n) is 3.89. The second-order valence-electron chi connectivity index (χ2n) is 5.57. The number of fused-ring (bicyclic) bond motifs is 1. The predicted molar refractivity (Wildman–Crippen MR) is 102 cm³/mol. The van der Waals surface area contributed by atoms with E-state index in [1.165, 1.54) is 0 Å². The summed E-state index contributed by atoms with van der Waals surface area (Å²) < 4.78 is 0. The van der Waals surface area contributed by atoms with Crippen LogP contribution in [-0.2, 0) is 0 Å². The SMILES string of the molecule is Clc1cccc(Nc2cc(-c3ccccc3)nc3ccccc23)c1. The number of hydrogen-bond acceptors (Lipinski definition) is 2. The highest BCUT2D eigenvalue weighted by atomic mass is 35.5. The first-order valence-electron chi connectivity index (χ1n) is 7.77. The summed E-state index contributed by atoms with van der Waals surface area (Å²) in [6.45, 7) is 0. The van der Waals surface area contributed by atoms with Crippen molar-refractivity contribution in [3.63, 3.8) is 0 Å². The van der Waals surface area contributed by atoms with Gasteiger partial charge in [0, 0.05) is 21.7 Å². The van der Waals surface area contributed by atoms with E-state index in [2.05, 4.69) is 29.6 Å². The van der Waals surface area contributed by atoms with Crippen molar-refractivity contribution in [3.05, 3.63) is 90.0 Å². The van der Waals surface area contributed by atoms with Crippen LogP contribution < -0.4 is 5.32 Å². The molecule has 3 aromatic carbocycles. The van der Waals surface area contributed by atoms with Crippen LogP contribution in [0.1, 0.15) is 0 Å². The van der Waals surface area contributed by atoms with E-state index in [0.29, 0.717) is 5.02 Å². The molecule has 0 bridgehead atoms. The van der Waals surface area contributed by atoms with Gasteiger partial charge >= 0.3 is 0 Å². The van der Waals surface area contributed by atoms with E-state index in [1.807, 2.05) is 60.7 Å². The predicted octanol–water partition coefficient (Wildman–Crippen LogP) is 6.30. The Morgan fingerprint density at radius 3 is 2.38 bits per heavy atom. The average Bonchev–Trinajstić information content (AvgIpc) is 2.62. The summed E-state index contributed by atoms with van der Waals surface area (Å²) in [7, 11) is 0. The Hall–Kier alpha value is -2.84. The smallest absolute Gasteiger partial charge is 0.0730 e. The Balaban J connectivity index is 1.86. The lowest BCUT2D eigenvalue weighted by atomic mass is 10.1. The van der Waals surface area contributed by atoms with Gasteiger partial charge in [-0.05, 0) is 30.3 Å². The topological polar surface area (TPSA) is 24.9 Å². The van der Waals surface area contributed by atoms with E-state index in [4.69, 9.17) is 16.6 Å². The maximum atomic E-state index is 6.10. The number of aromatic nitrogens is 1. The van der Waals surface area contributed by atoms with E-state index in [0.717, 1.165) is 33.5 Å². The number of hydrogen-bond donors (Lipinski definition) is 1. The van der Waals surface area contributed by atoms with E-state index in [1.54, 1.807) is 0 Å². The van der Waals surface area contributed by atoms with Gasteiger partial charge in [-0.15, -0.1) is 0 Å². The van der Waals surface area contributed by atoms with Crippen LogP contribution >= 0.6 is 11.6 Å². The third-order valence-corrected chi connectivity index (χ3v) is 4.12. The normalized spacial score (nSPS) is 10.7. The highest BCUT2D eigenvalue weighted by Gasteiger charge is 2.08. The fraction of sp³-hybridized carbons (Fsp3) is 0. The van der Waals surface area contributed by atoms with Crippen LogP contribution in [0.2, 0.25) is 5.02 Å². The summed E-state index contributed by atoms with van der Waals surface area (Å²) >= 11 is 6.10. The summed E-state index contributed by atoms with van der Waals surface area (Å²) in [5, 5.41) is 5.26. The van der Waals surface area contributed by atoms with E-state index < -0.39 is 0 Å². The summed E-state index contributed by atoms with van der Waals surface area (Å²) in [5.74, 6) is 0. The fourth-order valence-electron chi connectivity index (χ4n) is 2.76. The van der Waals surface area contributed by atoms with Gasteiger partial charge in [0.15, 0.2) is 0 Å². The molecule has 0 unspecified atom stereocenters. The van der Waals surface area contributed by atoms with Gasteiger partial charge in [0.1, 0.15) is 0 Å². The van der Waals surface area contributed by atoms with Crippen molar-refractivity contribution < 1.29 is 0 Å². The van der Waals surface area contributed by atoms with Crippen LogP contribution in [0.15, 0.2) is 84.9 Å². The number of rotatable bonds is 3. The van der Waals surface area contributed by atoms with Crippen molar-refractivity contribution in [3.8, 4) is 11.3 Å². The molecule has 0 saturated carbocycles. The number of para-hydroxylation sites is 1. The minimum Gasteiger partial charge on any atom is -0.355 e. The molecule has 1 N–H and O–H groups in total. The average molecular weight is 331 g/mol. The number of nitrogens with zero attached hydrogens (tertiary/aromatic N) is 1. The van der Waals surface area contributed by atoms with Crippen molar-refractivity contribution >= 4 is 33.9 Å². The van der Waals surface area contributed by atoms with Crippen LogP contribution in [0.5, 0.6) is 0 Å². The van der Waals surface area contributed by atoms with Gasteiger partial charge in [-0.25, -0.2) is 4.98 Å². The molecule has 3 heteroatoms. The molecule has 0 aliphatic rings. The molecule has 0 fully saturated rings. The fourth-order valence-corrected chi connectivity index (χ4v) is 2.95. The Bertz CT molecular complexity index is 997. The molecule has 0 aliphatic heterocycles. The number of benzene rings is 3. The van der Waals surface area contributed by atoms with Crippen LogP contribution in [0.4, 0.5) is 11.4 Å². The van der Waals surface area contributed by atoms with Crippen LogP contribution in [-0.4, -0.2) is 4.98 Å². The maximum Gasteiger partial charge on any atom is 0.0730 e. The number of halogens is 1. The second kappa shape index (κ2) is 6.34. The second-order valence-corrected chi connectivity index (χ2v) is 6.01. The molecule has 4 aromatic rings. The van der Waals surface area contributed by atoms with Crippen molar-refractivity contribution in [2.45, 2.75) is 0 Å². The molecule has 1 aromatic heterocycles. The Labute approximate surface area is 145 Å². The first-order chi connectivity index (χ1) is 11.8. The summed E-state index contributed by atoms with van der Waals surface area (Å²) in [6.07, 6.45) is 0. The quantitative estimate of drug-likeness (QED) is 0.477. The van der Waals surface area contributed by atoms with Crippen LogP contribution in [0.25, 0.3) is 22.2 Å². The summed E-state index contributed by atoms with van der Waals surface area (Å²) in [6, 6.07) is 28.1. The molecular formula is C21H15ClN2. The molecule has 116 valence electrons. The zero-order valence-electron chi connectivity index (χ0n) is 12.9. The Morgan fingerprint density at radius 2 is 1.54 bits per heavy atom. The lowest BCUT2D eigenvalue weighted by Gasteiger charge is -2.12. The lowest BCUT2D eigenvalue weighted by molar-refractivity contribution is 1.39. The molecular weight excluding hydrogens is 316 g/mol. The Kier molecular flexibility index (Phi) is 3.89. The van der Waals surface area contributed by atoms with Crippen molar-refractivity contribution in [2.75, 3.05) is 5.32 Å². The minimum absolute atomic E-state index is 0.710. The lowest BCUT2D eigenvalue weighted by Crippen LogP contribution is -1.95. The molecule has 0 amide bonds. The van der Waals surface area contributed by atoms with Crippen molar-refractivity contribution in [1.29, 1.82) is 0 Å².